The van der Waals surface area contributed by atoms with Gasteiger partial charge in [-0.1, -0.05) is 0 Å². The second-order valence-corrected chi connectivity index (χ2v) is 8.76. The lowest BCUT2D eigenvalue weighted by molar-refractivity contribution is -0.161. The molecule has 0 aromatic rings. The average Bonchev–Trinajstić information content (AvgIpc) is 2.62. The van der Waals surface area contributed by atoms with E-state index in [4.69, 9.17) is 9.84 Å². The number of hydrogen-bond donors (Lipinski definition) is 1. The molecule has 0 aliphatic carbocycles. The highest BCUT2D eigenvalue weighted by Crippen LogP contribution is 2.22. The molecule has 2 heterocycles. The number of likely N-dealkylation sites (N-methyl/N-ethyl adjacent to an activating group) is 1. The predicted octanol–water partition coefficient (Wildman–Crippen LogP) is 2.03. The van der Waals surface area contributed by atoms with Crippen LogP contribution in [0.15, 0.2) is 0 Å². The fraction of sp³-hybridized carbons (Fsp3) is 0.850. The molecule has 28 heavy (non-hydrogen) atoms. The van der Waals surface area contributed by atoms with Gasteiger partial charge in [-0.2, -0.15) is 0 Å². The summed E-state index contributed by atoms with van der Waals surface area (Å²) in [5.41, 5.74) is -0.470. The molecule has 8 heteroatoms. The highest BCUT2D eigenvalue weighted by Gasteiger charge is 2.32. The Morgan fingerprint density at radius 2 is 1.61 bits per heavy atom. The Hall–Kier alpha value is -1.83. The second kappa shape index (κ2) is 9.58. The summed E-state index contributed by atoms with van der Waals surface area (Å²) >= 11 is 0. The van der Waals surface area contributed by atoms with Crippen molar-refractivity contribution in [3.63, 3.8) is 0 Å². The van der Waals surface area contributed by atoms with E-state index in [1.165, 1.54) is 4.90 Å². The molecule has 0 radical (unpaired) electrons. The van der Waals surface area contributed by atoms with Crippen LogP contribution in [-0.2, 0) is 14.3 Å². The molecule has 0 bridgehead atoms. The van der Waals surface area contributed by atoms with Crippen molar-refractivity contribution < 1.29 is 24.2 Å². The van der Waals surface area contributed by atoms with Crippen molar-refractivity contribution in [1.29, 1.82) is 0 Å². The molecule has 2 fully saturated rings. The predicted molar refractivity (Wildman–Crippen MR) is 105 cm³/mol. The smallest absolute Gasteiger partial charge is 0.407 e. The summed E-state index contributed by atoms with van der Waals surface area (Å²) in [6.45, 7) is 11.0. The number of carbonyl (C=O) groups is 3. The lowest BCUT2D eigenvalue weighted by atomic mass is 9.96. The van der Waals surface area contributed by atoms with Crippen LogP contribution in [0.3, 0.4) is 0 Å². The van der Waals surface area contributed by atoms with Crippen molar-refractivity contribution >= 4 is 18.0 Å². The van der Waals surface area contributed by atoms with Crippen LogP contribution < -0.4 is 0 Å². The fourth-order valence-corrected chi connectivity index (χ4v) is 4.00. The Labute approximate surface area is 167 Å². The number of piperidine rings is 2. The first-order chi connectivity index (χ1) is 13.1. The number of hydrogen-bond acceptors (Lipinski definition) is 5. The third-order valence-electron chi connectivity index (χ3n) is 5.52. The Morgan fingerprint density at radius 1 is 1.04 bits per heavy atom. The second-order valence-electron chi connectivity index (χ2n) is 8.76. The zero-order valence-corrected chi connectivity index (χ0v) is 17.6. The van der Waals surface area contributed by atoms with E-state index in [1.807, 2.05) is 32.6 Å². The zero-order valence-electron chi connectivity index (χ0n) is 17.6. The molecule has 8 nitrogen and oxygen atoms in total. The molecule has 2 aliphatic rings. The summed E-state index contributed by atoms with van der Waals surface area (Å²) < 4.78 is 5.48. The number of carboxylic acid groups (broad SMARTS) is 1. The van der Waals surface area contributed by atoms with Gasteiger partial charge in [0.05, 0.1) is 12.5 Å². The topological polar surface area (TPSA) is 90.4 Å². The van der Waals surface area contributed by atoms with E-state index >= 15 is 0 Å². The first kappa shape index (κ1) is 22.5. The van der Waals surface area contributed by atoms with Crippen molar-refractivity contribution in [3.05, 3.63) is 0 Å². The lowest BCUT2D eigenvalue weighted by Crippen LogP contribution is -2.51. The highest BCUT2D eigenvalue weighted by molar-refractivity contribution is 5.79. The monoisotopic (exact) mass is 397 g/mol. The first-order valence-electron chi connectivity index (χ1n) is 10.3. The van der Waals surface area contributed by atoms with Crippen molar-refractivity contribution in [3.8, 4) is 0 Å². The van der Waals surface area contributed by atoms with E-state index in [-0.39, 0.29) is 23.8 Å². The van der Waals surface area contributed by atoms with Gasteiger partial charge in [0, 0.05) is 25.7 Å². The van der Waals surface area contributed by atoms with Crippen LogP contribution >= 0.6 is 0 Å². The standard InChI is InChI=1S/C20H35N3O5/c1-5-23(16-8-12-22(13-9-16)19(26)27)17(24)14-21-10-6-15(7-11-21)18(25)28-20(2,3)4/h15-16H,5-14H2,1-4H3,(H,26,27). The molecule has 0 saturated carbocycles. The molecular formula is C20H35N3O5. The third kappa shape index (κ3) is 6.36. The molecular weight excluding hydrogens is 362 g/mol. The van der Waals surface area contributed by atoms with Crippen LogP contribution in [0, 0.1) is 5.92 Å². The Kier molecular flexibility index (Phi) is 7.69. The largest absolute Gasteiger partial charge is 0.465 e. The van der Waals surface area contributed by atoms with Crippen LogP contribution in [0.1, 0.15) is 53.4 Å². The summed E-state index contributed by atoms with van der Waals surface area (Å²) in [6.07, 6.45) is 1.91. The van der Waals surface area contributed by atoms with Gasteiger partial charge in [0.15, 0.2) is 0 Å². The van der Waals surface area contributed by atoms with Crippen molar-refractivity contribution in [1.82, 2.24) is 14.7 Å². The number of esters is 1. The van der Waals surface area contributed by atoms with Crippen molar-refractivity contribution in [2.24, 2.45) is 5.92 Å². The number of carbonyl (C=O) groups excluding carboxylic acids is 2. The number of nitrogens with zero attached hydrogens (tertiary/aromatic N) is 3. The van der Waals surface area contributed by atoms with Crippen LogP contribution in [0.2, 0.25) is 0 Å². The average molecular weight is 398 g/mol. The molecule has 0 atom stereocenters. The molecule has 2 saturated heterocycles. The van der Waals surface area contributed by atoms with Gasteiger partial charge in [-0.25, -0.2) is 4.79 Å². The Morgan fingerprint density at radius 3 is 2.07 bits per heavy atom. The maximum Gasteiger partial charge on any atom is 0.407 e. The minimum Gasteiger partial charge on any atom is -0.465 e. The summed E-state index contributed by atoms with van der Waals surface area (Å²) in [5.74, 6) is -0.140. The molecule has 0 spiro atoms. The minimum atomic E-state index is -0.888. The van der Waals surface area contributed by atoms with E-state index in [0.29, 0.717) is 65.0 Å². The van der Waals surface area contributed by atoms with Crippen LogP contribution in [0.5, 0.6) is 0 Å². The number of ether oxygens (including phenoxy) is 1. The van der Waals surface area contributed by atoms with Gasteiger partial charge in [0.1, 0.15) is 5.60 Å². The van der Waals surface area contributed by atoms with E-state index in [0.717, 1.165) is 0 Å². The maximum absolute atomic E-state index is 12.8. The summed E-state index contributed by atoms with van der Waals surface area (Å²) in [6, 6.07) is 0.104. The Balaban J connectivity index is 1.79. The van der Waals surface area contributed by atoms with Crippen LogP contribution in [0.4, 0.5) is 4.79 Å². The van der Waals surface area contributed by atoms with E-state index in [2.05, 4.69) is 4.90 Å². The highest BCUT2D eigenvalue weighted by atomic mass is 16.6. The molecule has 0 unspecified atom stereocenters. The van der Waals surface area contributed by atoms with E-state index in [1.54, 1.807) is 0 Å². The minimum absolute atomic E-state index is 0.0896. The number of likely N-dealkylation sites (tertiary alicyclic amines) is 2. The van der Waals surface area contributed by atoms with Crippen LogP contribution in [0.25, 0.3) is 0 Å². The van der Waals surface area contributed by atoms with Gasteiger partial charge < -0.3 is 19.6 Å². The SMILES string of the molecule is CCN(C(=O)CN1CCC(C(=O)OC(C)(C)C)CC1)C1CCN(C(=O)O)CC1. The molecule has 2 rings (SSSR count). The van der Waals surface area contributed by atoms with Gasteiger partial charge in [-0.05, 0) is 66.5 Å². The summed E-state index contributed by atoms with van der Waals surface area (Å²) in [4.78, 5) is 41.5. The Bertz CT molecular complexity index is 559. The summed E-state index contributed by atoms with van der Waals surface area (Å²) in [7, 11) is 0. The first-order valence-corrected chi connectivity index (χ1v) is 10.3. The van der Waals surface area contributed by atoms with Gasteiger partial charge in [-0.3, -0.25) is 14.5 Å². The van der Waals surface area contributed by atoms with Gasteiger partial charge in [0.2, 0.25) is 5.91 Å². The van der Waals surface area contributed by atoms with E-state index in [9.17, 15) is 14.4 Å². The molecule has 0 aromatic heterocycles. The number of rotatable bonds is 5. The fourth-order valence-electron chi connectivity index (χ4n) is 4.00. The number of amides is 2. The van der Waals surface area contributed by atoms with Crippen molar-refractivity contribution in [2.75, 3.05) is 39.3 Å². The zero-order chi connectivity index (χ0) is 20.9. The normalized spacial score (nSPS) is 20.1. The molecule has 160 valence electrons. The quantitative estimate of drug-likeness (QED) is 0.714. The molecule has 2 aliphatic heterocycles. The van der Waals surface area contributed by atoms with Gasteiger partial charge in [-0.15, -0.1) is 0 Å². The van der Waals surface area contributed by atoms with Gasteiger partial charge >= 0.3 is 12.1 Å². The summed E-state index contributed by atoms with van der Waals surface area (Å²) in [5, 5.41) is 9.07. The van der Waals surface area contributed by atoms with E-state index < -0.39 is 11.7 Å². The molecule has 2 amide bonds. The van der Waals surface area contributed by atoms with Gasteiger partial charge in [0.25, 0.3) is 0 Å². The lowest BCUT2D eigenvalue weighted by Gasteiger charge is -2.39. The van der Waals surface area contributed by atoms with Crippen LogP contribution in [-0.4, -0.2) is 88.7 Å². The third-order valence-corrected chi connectivity index (χ3v) is 5.52. The molecule has 0 aromatic carbocycles. The maximum atomic E-state index is 12.8. The van der Waals surface area contributed by atoms with Crippen molar-refractivity contribution in [2.45, 2.75) is 65.0 Å². The molecule has 1 N–H and O–H groups in total.